The second kappa shape index (κ2) is 16.5. The van der Waals surface area contributed by atoms with Gasteiger partial charge in [0.2, 0.25) is 0 Å². The van der Waals surface area contributed by atoms with E-state index in [4.69, 9.17) is 0 Å². The third kappa shape index (κ3) is 13.8. The minimum Gasteiger partial charge on any atom is -0.303 e. The Labute approximate surface area is 146 Å². The highest BCUT2D eigenvalue weighted by Crippen LogP contribution is 2.19. The molecule has 0 unspecified atom stereocenters. The van der Waals surface area contributed by atoms with Crippen molar-refractivity contribution in [2.45, 2.75) is 128 Å². The average Bonchev–Trinajstić information content (AvgIpc) is 2.57. The fourth-order valence-electron chi connectivity index (χ4n) is 3.92. The van der Waals surface area contributed by atoms with Gasteiger partial charge in [-0.3, -0.25) is 0 Å². The molecule has 0 N–H and O–H groups in total. The monoisotopic (exact) mass is 322 g/mol. The van der Waals surface area contributed by atoms with E-state index in [0.29, 0.717) is 5.92 Å². The van der Waals surface area contributed by atoms with Crippen LogP contribution in [0.1, 0.15) is 128 Å². The molecule has 0 aromatic rings. The van der Waals surface area contributed by atoms with Crippen LogP contribution < -0.4 is 0 Å². The van der Waals surface area contributed by atoms with Gasteiger partial charge in [0, 0.05) is 5.92 Å². The second-order valence-corrected chi connectivity index (χ2v) is 7.84. The maximum Gasteiger partial charge on any atom is 0.123 e. The highest BCUT2D eigenvalue weighted by molar-refractivity contribution is 5.53. The fraction of sp³-hybridized carbons (Fsp3) is 0.955. The molecule has 1 fully saturated rings. The fourth-order valence-corrected chi connectivity index (χ4v) is 3.92. The Kier molecular flexibility index (Phi) is 14.9. The summed E-state index contributed by atoms with van der Waals surface area (Å²) in [6, 6.07) is 0. The molecule has 1 heteroatoms. The first kappa shape index (κ1) is 20.7. The van der Waals surface area contributed by atoms with E-state index in [2.05, 4.69) is 0 Å². The van der Waals surface area contributed by atoms with Crippen molar-refractivity contribution in [3.8, 4) is 0 Å². The van der Waals surface area contributed by atoms with Gasteiger partial charge in [-0.25, -0.2) is 0 Å². The van der Waals surface area contributed by atoms with E-state index in [9.17, 15) is 4.79 Å². The summed E-state index contributed by atoms with van der Waals surface area (Å²) in [4.78, 5) is 11.2. The number of rotatable bonds is 1. The summed E-state index contributed by atoms with van der Waals surface area (Å²) in [6.45, 7) is 0. The van der Waals surface area contributed by atoms with E-state index < -0.39 is 0 Å². The molecule has 0 aromatic carbocycles. The summed E-state index contributed by atoms with van der Waals surface area (Å²) < 4.78 is 0. The third-order valence-electron chi connectivity index (χ3n) is 5.59. The summed E-state index contributed by atoms with van der Waals surface area (Å²) in [5, 5.41) is 0. The maximum atomic E-state index is 11.2. The zero-order chi connectivity index (χ0) is 16.4. The minimum absolute atomic E-state index is 0.351. The van der Waals surface area contributed by atoms with Crippen molar-refractivity contribution < 1.29 is 4.79 Å². The van der Waals surface area contributed by atoms with Crippen LogP contribution in [0, 0.1) is 5.92 Å². The predicted molar refractivity (Wildman–Crippen MR) is 102 cm³/mol. The Balaban J connectivity index is 2.15. The standard InChI is InChI=1S/C22H42O/c23-21-22-19-17-15-13-11-9-7-5-3-1-2-4-6-8-10-12-14-16-18-20-22/h21-22H,1-20H2. The molecule has 0 radical (unpaired) electrons. The molecule has 1 saturated carbocycles. The van der Waals surface area contributed by atoms with Crippen LogP contribution >= 0.6 is 0 Å². The van der Waals surface area contributed by atoms with Gasteiger partial charge in [0.05, 0.1) is 0 Å². The maximum absolute atomic E-state index is 11.2. The van der Waals surface area contributed by atoms with Crippen LogP contribution in [0.2, 0.25) is 0 Å². The molecule has 1 aliphatic carbocycles. The largest absolute Gasteiger partial charge is 0.303 e. The smallest absolute Gasteiger partial charge is 0.123 e. The van der Waals surface area contributed by atoms with E-state index in [-0.39, 0.29) is 0 Å². The Morgan fingerprint density at radius 3 is 0.826 bits per heavy atom. The van der Waals surface area contributed by atoms with Gasteiger partial charge in [0.15, 0.2) is 0 Å². The zero-order valence-corrected chi connectivity index (χ0v) is 15.7. The lowest BCUT2D eigenvalue weighted by Gasteiger charge is -2.10. The third-order valence-corrected chi connectivity index (χ3v) is 5.59. The van der Waals surface area contributed by atoms with Gasteiger partial charge in [-0.2, -0.15) is 0 Å². The van der Waals surface area contributed by atoms with E-state index in [1.165, 1.54) is 122 Å². The normalized spacial score (nSPS) is 23.7. The molecule has 0 saturated heterocycles. The molecular formula is C22H42O. The zero-order valence-electron chi connectivity index (χ0n) is 15.7. The molecule has 1 aliphatic rings. The summed E-state index contributed by atoms with van der Waals surface area (Å²) >= 11 is 0. The Morgan fingerprint density at radius 2 is 0.609 bits per heavy atom. The van der Waals surface area contributed by atoms with Crippen LogP contribution in [0.15, 0.2) is 0 Å². The van der Waals surface area contributed by atoms with Crippen LogP contribution in [0.4, 0.5) is 0 Å². The number of hydrogen-bond donors (Lipinski definition) is 0. The molecule has 1 nitrogen and oxygen atoms in total. The van der Waals surface area contributed by atoms with Crippen molar-refractivity contribution in [2.24, 2.45) is 5.92 Å². The van der Waals surface area contributed by atoms with Crippen molar-refractivity contribution in [2.75, 3.05) is 0 Å². The average molecular weight is 323 g/mol. The van der Waals surface area contributed by atoms with Crippen LogP contribution in [0.5, 0.6) is 0 Å². The van der Waals surface area contributed by atoms with Crippen LogP contribution in [0.3, 0.4) is 0 Å². The SMILES string of the molecule is O=CC1CCCCCCCCCCCCCCCCCCCC1. The van der Waals surface area contributed by atoms with Crippen LogP contribution in [-0.4, -0.2) is 6.29 Å². The van der Waals surface area contributed by atoms with Gasteiger partial charge in [0.1, 0.15) is 6.29 Å². The molecular weight excluding hydrogens is 280 g/mol. The lowest BCUT2D eigenvalue weighted by Crippen LogP contribution is -2.02. The van der Waals surface area contributed by atoms with Gasteiger partial charge in [-0.15, -0.1) is 0 Å². The number of aldehydes is 1. The molecule has 0 heterocycles. The molecule has 0 spiro atoms. The number of carbonyl (C=O) groups is 1. The lowest BCUT2D eigenvalue weighted by atomic mass is 9.95. The van der Waals surface area contributed by atoms with Crippen molar-refractivity contribution in [1.82, 2.24) is 0 Å². The quantitative estimate of drug-likeness (QED) is 0.454. The lowest BCUT2D eigenvalue weighted by molar-refractivity contribution is -0.111. The Bertz CT molecular complexity index is 226. The first-order valence-electron chi connectivity index (χ1n) is 10.9. The van der Waals surface area contributed by atoms with Gasteiger partial charge in [0.25, 0.3) is 0 Å². The molecule has 0 bridgehead atoms. The highest BCUT2D eigenvalue weighted by Gasteiger charge is 2.06. The Hall–Kier alpha value is -0.330. The topological polar surface area (TPSA) is 17.1 Å². The van der Waals surface area contributed by atoms with Crippen molar-refractivity contribution in [3.05, 3.63) is 0 Å². The molecule has 136 valence electrons. The van der Waals surface area contributed by atoms with E-state index in [0.717, 1.165) is 12.8 Å². The van der Waals surface area contributed by atoms with Crippen molar-refractivity contribution >= 4 is 6.29 Å². The summed E-state index contributed by atoms with van der Waals surface area (Å²) in [6.07, 6.45) is 28.8. The Morgan fingerprint density at radius 1 is 0.391 bits per heavy atom. The second-order valence-electron chi connectivity index (χ2n) is 7.84. The van der Waals surface area contributed by atoms with E-state index in [1.807, 2.05) is 0 Å². The van der Waals surface area contributed by atoms with E-state index in [1.54, 1.807) is 0 Å². The molecule has 0 aliphatic heterocycles. The summed E-state index contributed by atoms with van der Waals surface area (Å²) in [5.41, 5.74) is 0. The van der Waals surface area contributed by atoms with Crippen LogP contribution in [-0.2, 0) is 4.79 Å². The van der Waals surface area contributed by atoms with Crippen LogP contribution in [0.25, 0.3) is 0 Å². The summed E-state index contributed by atoms with van der Waals surface area (Å²) in [5.74, 6) is 0.351. The van der Waals surface area contributed by atoms with Gasteiger partial charge in [-0.05, 0) is 12.8 Å². The predicted octanol–water partition coefficient (Wildman–Crippen LogP) is 7.62. The van der Waals surface area contributed by atoms with Crippen molar-refractivity contribution in [3.63, 3.8) is 0 Å². The molecule has 0 aromatic heterocycles. The molecule has 1 rings (SSSR count). The number of carbonyl (C=O) groups excluding carboxylic acids is 1. The number of hydrogen-bond acceptors (Lipinski definition) is 1. The summed E-state index contributed by atoms with van der Waals surface area (Å²) in [7, 11) is 0. The molecule has 0 amide bonds. The van der Waals surface area contributed by atoms with E-state index >= 15 is 0 Å². The van der Waals surface area contributed by atoms with Gasteiger partial charge in [-0.1, -0.05) is 116 Å². The first-order valence-corrected chi connectivity index (χ1v) is 10.9. The first-order chi connectivity index (χ1) is 11.4. The highest BCUT2D eigenvalue weighted by atomic mass is 16.1. The molecule has 0 atom stereocenters. The van der Waals surface area contributed by atoms with Gasteiger partial charge < -0.3 is 4.79 Å². The minimum atomic E-state index is 0.351. The van der Waals surface area contributed by atoms with Gasteiger partial charge >= 0.3 is 0 Å². The molecule has 23 heavy (non-hydrogen) atoms. The van der Waals surface area contributed by atoms with Crippen molar-refractivity contribution in [1.29, 1.82) is 0 Å².